The highest BCUT2D eigenvalue weighted by molar-refractivity contribution is 5.92. The highest BCUT2D eigenvalue weighted by Gasteiger charge is 2.55. The summed E-state index contributed by atoms with van der Waals surface area (Å²) in [6.07, 6.45) is 5.42. The van der Waals surface area contributed by atoms with Gasteiger partial charge < -0.3 is 9.64 Å². The molecule has 1 aliphatic heterocycles. The first-order valence-electron chi connectivity index (χ1n) is 7.63. The van der Waals surface area contributed by atoms with Crippen molar-refractivity contribution >= 4 is 5.91 Å². The monoisotopic (exact) mass is 273 g/mol. The minimum absolute atomic E-state index is 0.307. The largest absolute Gasteiger partial charge is 0.496 e. The molecule has 1 heterocycles. The molecule has 2 aliphatic rings. The first-order chi connectivity index (χ1) is 9.69. The second-order valence-corrected chi connectivity index (χ2v) is 6.13. The van der Waals surface area contributed by atoms with Gasteiger partial charge in [0.05, 0.1) is 12.5 Å². The van der Waals surface area contributed by atoms with E-state index >= 15 is 0 Å². The maximum Gasteiger partial charge on any atom is 0.233 e. The van der Waals surface area contributed by atoms with Gasteiger partial charge in [-0.25, -0.2) is 0 Å². The van der Waals surface area contributed by atoms with Crippen molar-refractivity contribution in [3.05, 3.63) is 29.8 Å². The van der Waals surface area contributed by atoms with Gasteiger partial charge in [0.1, 0.15) is 5.75 Å². The maximum atomic E-state index is 13.0. The third-order valence-electron chi connectivity index (χ3n) is 4.85. The molecule has 0 bridgehead atoms. The van der Waals surface area contributed by atoms with Crippen LogP contribution < -0.4 is 4.74 Å². The normalized spacial score (nSPS) is 24.3. The number of likely N-dealkylation sites (tertiary alicyclic amines) is 1. The number of ether oxygens (including phenoxy) is 1. The molecule has 108 valence electrons. The Balaban J connectivity index is 1.90. The molecule has 1 unspecified atom stereocenters. The molecule has 1 saturated heterocycles. The zero-order chi connectivity index (χ0) is 14.2. The number of rotatable bonds is 3. The Labute approximate surface area is 120 Å². The molecule has 0 N–H and O–H groups in total. The fourth-order valence-electron chi connectivity index (χ4n) is 3.44. The zero-order valence-electron chi connectivity index (χ0n) is 12.4. The molecule has 1 saturated carbocycles. The molecule has 20 heavy (non-hydrogen) atoms. The summed E-state index contributed by atoms with van der Waals surface area (Å²) in [5.41, 5.74) is 0.767. The Morgan fingerprint density at radius 2 is 2.05 bits per heavy atom. The number of hydrogen-bond donors (Lipinski definition) is 0. The first-order valence-corrected chi connectivity index (χ1v) is 7.63. The summed E-state index contributed by atoms with van der Waals surface area (Å²) in [5.74, 6) is 1.16. The highest BCUT2D eigenvalue weighted by atomic mass is 16.5. The van der Waals surface area contributed by atoms with Crippen LogP contribution in [0.5, 0.6) is 5.75 Å². The van der Waals surface area contributed by atoms with E-state index in [1.165, 1.54) is 6.42 Å². The Bertz CT molecular complexity index is 507. The fourth-order valence-corrected chi connectivity index (χ4v) is 3.44. The average molecular weight is 273 g/mol. The summed E-state index contributed by atoms with van der Waals surface area (Å²) in [6.45, 7) is 3.09. The van der Waals surface area contributed by atoms with Crippen molar-refractivity contribution in [1.29, 1.82) is 0 Å². The van der Waals surface area contributed by atoms with Gasteiger partial charge in [-0.2, -0.15) is 0 Å². The second-order valence-electron chi connectivity index (χ2n) is 6.13. The van der Waals surface area contributed by atoms with E-state index in [-0.39, 0.29) is 5.41 Å². The predicted molar refractivity (Wildman–Crippen MR) is 78.9 cm³/mol. The molecule has 0 radical (unpaired) electrons. The van der Waals surface area contributed by atoms with Gasteiger partial charge in [0.25, 0.3) is 0 Å². The Hall–Kier alpha value is -1.51. The average Bonchev–Trinajstić information content (AvgIpc) is 3.28. The van der Waals surface area contributed by atoms with Crippen LogP contribution in [0.1, 0.15) is 44.6 Å². The molecule has 1 aliphatic carbocycles. The lowest BCUT2D eigenvalue weighted by Crippen LogP contribution is -2.47. The van der Waals surface area contributed by atoms with Crippen molar-refractivity contribution in [2.75, 3.05) is 13.7 Å². The van der Waals surface area contributed by atoms with Crippen LogP contribution in [-0.4, -0.2) is 30.5 Å². The second kappa shape index (κ2) is 5.12. The molecule has 2 fully saturated rings. The van der Waals surface area contributed by atoms with Crippen LogP contribution >= 0.6 is 0 Å². The van der Waals surface area contributed by atoms with Gasteiger partial charge in [0.15, 0.2) is 0 Å². The third-order valence-corrected chi connectivity index (χ3v) is 4.85. The number of carbonyl (C=O) groups is 1. The SMILES string of the molecule is COc1ccccc1C1(C(=O)N2CCCCC2C)CC1. The molecule has 3 heteroatoms. The van der Waals surface area contributed by atoms with Crippen LogP contribution in [0.4, 0.5) is 0 Å². The molecule has 3 rings (SSSR count). The minimum Gasteiger partial charge on any atom is -0.496 e. The lowest BCUT2D eigenvalue weighted by Gasteiger charge is -2.36. The van der Waals surface area contributed by atoms with Crippen molar-refractivity contribution in [1.82, 2.24) is 4.90 Å². The minimum atomic E-state index is -0.307. The van der Waals surface area contributed by atoms with E-state index in [0.29, 0.717) is 11.9 Å². The fraction of sp³-hybridized carbons (Fsp3) is 0.588. The van der Waals surface area contributed by atoms with Gasteiger partial charge in [0, 0.05) is 18.2 Å². The van der Waals surface area contributed by atoms with E-state index in [4.69, 9.17) is 4.74 Å². The van der Waals surface area contributed by atoms with Crippen molar-refractivity contribution in [2.45, 2.75) is 50.5 Å². The van der Waals surface area contributed by atoms with Gasteiger partial charge in [-0.1, -0.05) is 18.2 Å². The summed E-state index contributed by atoms with van der Waals surface area (Å²) >= 11 is 0. The number of methoxy groups -OCH3 is 1. The highest BCUT2D eigenvalue weighted by Crippen LogP contribution is 2.53. The van der Waals surface area contributed by atoms with E-state index in [1.807, 2.05) is 18.2 Å². The molecule has 1 atom stereocenters. The number of nitrogens with zero attached hydrogens (tertiary/aromatic N) is 1. The first kappa shape index (κ1) is 13.5. The van der Waals surface area contributed by atoms with Crippen LogP contribution in [0.15, 0.2) is 24.3 Å². The number of hydrogen-bond acceptors (Lipinski definition) is 2. The summed E-state index contributed by atoms with van der Waals surface area (Å²) < 4.78 is 5.47. The van der Waals surface area contributed by atoms with Crippen LogP contribution in [0, 0.1) is 0 Å². The van der Waals surface area contributed by atoms with Gasteiger partial charge >= 0.3 is 0 Å². The summed E-state index contributed by atoms with van der Waals surface area (Å²) in [7, 11) is 1.68. The van der Waals surface area contributed by atoms with Gasteiger partial charge in [0.2, 0.25) is 5.91 Å². The van der Waals surface area contributed by atoms with E-state index < -0.39 is 0 Å². The number of amides is 1. The Kier molecular flexibility index (Phi) is 3.45. The van der Waals surface area contributed by atoms with Crippen LogP contribution in [-0.2, 0) is 10.2 Å². The summed E-state index contributed by atoms with van der Waals surface area (Å²) in [5, 5.41) is 0. The van der Waals surface area contributed by atoms with Gasteiger partial charge in [-0.15, -0.1) is 0 Å². The van der Waals surface area contributed by atoms with Crippen molar-refractivity contribution in [3.63, 3.8) is 0 Å². The summed E-state index contributed by atoms with van der Waals surface area (Å²) in [4.78, 5) is 15.1. The standard InChI is InChI=1S/C17H23NO2/c1-13-7-5-6-12-18(13)16(19)17(10-11-17)14-8-3-4-9-15(14)20-2/h3-4,8-9,13H,5-7,10-12H2,1-2H3. The summed E-state index contributed by atoms with van der Waals surface area (Å²) in [6, 6.07) is 8.36. The molecule has 0 spiro atoms. The lowest BCUT2D eigenvalue weighted by atomic mass is 9.91. The number of benzene rings is 1. The number of piperidine rings is 1. The van der Waals surface area contributed by atoms with Gasteiger partial charge in [-0.05, 0) is 45.1 Å². The lowest BCUT2D eigenvalue weighted by molar-refractivity contribution is -0.137. The van der Waals surface area contributed by atoms with Crippen molar-refractivity contribution in [3.8, 4) is 5.75 Å². The predicted octanol–water partition coefficient (Wildman–Crippen LogP) is 3.13. The molecule has 1 aromatic carbocycles. The smallest absolute Gasteiger partial charge is 0.233 e. The van der Waals surface area contributed by atoms with E-state index in [0.717, 1.165) is 43.5 Å². The Morgan fingerprint density at radius 1 is 1.30 bits per heavy atom. The molecule has 1 aromatic rings. The van der Waals surface area contributed by atoms with Crippen LogP contribution in [0.3, 0.4) is 0 Å². The van der Waals surface area contributed by atoms with Crippen molar-refractivity contribution in [2.24, 2.45) is 0 Å². The quantitative estimate of drug-likeness (QED) is 0.847. The topological polar surface area (TPSA) is 29.5 Å². The molecular formula is C17H23NO2. The van der Waals surface area contributed by atoms with E-state index in [2.05, 4.69) is 17.9 Å². The third kappa shape index (κ3) is 2.09. The van der Waals surface area contributed by atoms with E-state index in [9.17, 15) is 4.79 Å². The molecule has 3 nitrogen and oxygen atoms in total. The molecule has 1 amide bonds. The van der Waals surface area contributed by atoms with Gasteiger partial charge in [-0.3, -0.25) is 4.79 Å². The maximum absolute atomic E-state index is 13.0. The molecule has 0 aromatic heterocycles. The van der Waals surface area contributed by atoms with Crippen molar-refractivity contribution < 1.29 is 9.53 Å². The van der Waals surface area contributed by atoms with E-state index in [1.54, 1.807) is 7.11 Å². The van der Waals surface area contributed by atoms with Crippen LogP contribution in [0.25, 0.3) is 0 Å². The number of para-hydroxylation sites is 1. The Morgan fingerprint density at radius 3 is 2.70 bits per heavy atom. The zero-order valence-corrected chi connectivity index (χ0v) is 12.4. The van der Waals surface area contributed by atoms with Crippen LogP contribution in [0.2, 0.25) is 0 Å². The molecular weight excluding hydrogens is 250 g/mol. The number of carbonyl (C=O) groups excluding carboxylic acids is 1.